The van der Waals surface area contributed by atoms with E-state index in [2.05, 4.69) is 11.9 Å². The molecule has 1 N–H and O–H groups in total. The molecule has 1 unspecified atom stereocenters. The van der Waals surface area contributed by atoms with Crippen LogP contribution in [-0.2, 0) is 9.59 Å². The number of Topliss-reactive ketones (excluding diaryl/α,β-unsaturated/α-hetero) is 1. The fraction of sp³-hybridized carbons (Fsp3) is 0.433. The van der Waals surface area contributed by atoms with Gasteiger partial charge in [-0.3, -0.25) is 14.0 Å². The molecule has 8 nitrogen and oxygen atoms in total. The zero-order valence-electron chi connectivity index (χ0n) is 22.8. The first-order valence-corrected chi connectivity index (χ1v) is 13.4. The Balaban J connectivity index is 1.71. The molecule has 3 heterocycles. The molecular weight excluding hydrogens is 480 g/mol. The highest BCUT2D eigenvalue weighted by Gasteiger charge is 2.46. The third-order valence-corrected chi connectivity index (χ3v) is 6.94. The topological polar surface area (TPSA) is 87.4 Å². The van der Waals surface area contributed by atoms with Gasteiger partial charge >= 0.3 is 0 Å². The molecule has 1 fully saturated rings. The summed E-state index contributed by atoms with van der Waals surface area (Å²) in [5.41, 5.74) is 2.49. The summed E-state index contributed by atoms with van der Waals surface area (Å²) in [5.74, 6) is -0.750. The normalized spacial score (nSPS) is 17.2. The predicted octanol–water partition coefficient (Wildman–Crippen LogP) is 4.98. The van der Waals surface area contributed by atoms with Crippen LogP contribution < -0.4 is 4.74 Å². The smallest absolute Gasteiger partial charge is 0.295 e. The minimum Gasteiger partial charge on any atom is -0.505 e. The summed E-state index contributed by atoms with van der Waals surface area (Å²) in [4.78, 5) is 34.8. The highest BCUT2D eigenvalue weighted by molar-refractivity contribution is 6.46. The number of fused-ring (bicyclic) bond motifs is 1. The van der Waals surface area contributed by atoms with Gasteiger partial charge in [0.05, 0.1) is 23.9 Å². The molecule has 8 heteroatoms. The Bertz CT molecular complexity index is 1310. The molecule has 2 aromatic heterocycles. The van der Waals surface area contributed by atoms with E-state index in [4.69, 9.17) is 4.74 Å². The highest BCUT2D eigenvalue weighted by atomic mass is 16.5. The average Bonchev–Trinajstić information content (AvgIpc) is 3.37. The van der Waals surface area contributed by atoms with E-state index in [9.17, 15) is 14.7 Å². The lowest BCUT2D eigenvalue weighted by molar-refractivity contribution is -0.139. The van der Waals surface area contributed by atoms with Gasteiger partial charge in [-0.2, -0.15) is 0 Å². The molecule has 202 valence electrons. The third kappa shape index (κ3) is 5.75. The molecule has 0 bridgehead atoms. The van der Waals surface area contributed by atoms with Crippen molar-refractivity contribution in [2.24, 2.45) is 0 Å². The molecule has 1 aromatic carbocycles. The van der Waals surface area contributed by atoms with E-state index in [0.717, 1.165) is 30.7 Å². The molecule has 0 saturated carbocycles. The Morgan fingerprint density at radius 1 is 1.05 bits per heavy atom. The summed E-state index contributed by atoms with van der Waals surface area (Å²) in [6, 6.07) is 12.3. The Morgan fingerprint density at radius 3 is 2.53 bits per heavy atom. The SMILES string of the molecule is CCCCCCOc1ccc(C2C(=C(O)c3c(C)nc4ccccn34)C(=O)C(=O)N2CCCN(C)C)cc1. The maximum atomic E-state index is 13.4. The Kier molecular flexibility index (Phi) is 8.84. The van der Waals surface area contributed by atoms with Gasteiger partial charge in [0.1, 0.15) is 17.1 Å². The lowest BCUT2D eigenvalue weighted by Gasteiger charge is -2.26. The fourth-order valence-corrected chi connectivity index (χ4v) is 5.01. The largest absolute Gasteiger partial charge is 0.505 e. The number of ketones is 1. The number of hydrogen-bond acceptors (Lipinski definition) is 6. The second-order valence-corrected chi connectivity index (χ2v) is 10.1. The molecule has 1 aliphatic heterocycles. The molecule has 1 saturated heterocycles. The number of carbonyl (C=O) groups is 2. The lowest BCUT2D eigenvalue weighted by Crippen LogP contribution is -2.32. The van der Waals surface area contributed by atoms with Crippen LogP contribution in [0.4, 0.5) is 0 Å². The number of pyridine rings is 1. The number of unbranched alkanes of at least 4 members (excludes halogenated alkanes) is 3. The van der Waals surface area contributed by atoms with Crippen molar-refractivity contribution in [2.45, 2.75) is 52.0 Å². The van der Waals surface area contributed by atoms with Gasteiger partial charge in [0.15, 0.2) is 5.76 Å². The van der Waals surface area contributed by atoms with Crippen LogP contribution in [0.25, 0.3) is 11.4 Å². The van der Waals surface area contributed by atoms with Gasteiger partial charge in [0.25, 0.3) is 11.7 Å². The van der Waals surface area contributed by atoms with Gasteiger partial charge in [-0.25, -0.2) is 4.98 Å². The van der Waals surface area contributed by atoms with Crippen LogP contribution in [0.5, 0.6) is 5.75 Å². The third-order valence-electron chi connectivity index (χ3n) is 6.94. The molecule has 0 spiro atoms. The van der Waals surface area contributed by atoms with Crippen LogP contribution in [0.1, 0.15) is 62.0 Å². The monoisotopic (exact) mass is 518 g/mol. The summed E-state index contributed by atoms with van der Waals surface area (Å²) in [6.07, 6.45) is 7.00. The zero-order valence-corrected chi connectivity index (χ0v) is 22.8. The van der Waals surface area contributed by atoms with Gasteiger partial charge in [-0.15, -0.1) is 0 Å². The van der Waals surface area contributed by atoms with E-state index in [1.54, 1.807) is 22.4 Å². The molecule has 1 aliphatic rings. The van der Waals surface area contributed by atoms with Crippen molar-refractivity contribution in [1.29, 1.82) is 0 Å². The number of carbonyl (C=O) groups excluding carboxylic acids is 2. The minimum absolute atomic E-state index is 0.0850. The highest BCUT2D eigenvalue weighted by Crippen LogP contribution is 2.40. The number of imidazole rings is 1. The van der Waals surface area contributed by atoms with E-state index in [1.165, 1.54) is 12.8 Å². The quantitative estimate of drug-likeness (QED) is 0.158. The number of aromatic nitrogens is 2. The minimum atomic E-state index is -0.704. The number of aryl methyl sites for hydroxylation is 1. The first-order valence-electron chi connectivity index (χ1n) is 13.4. The summed E-state index contributed by atoms with van der Waals surface area (Å²) in [6.45, 7) is 5.78. The lowest BCUT2D eigenvalue weighted by atomic mass is 9.96. The van der Waals surface area contributed by atoms with Crippen LogP contribution >= 0.6 is 0 Å². The van der Waals surface area contributed by atoms with Crippen molar-refractivity contribution in [2.75, 3.05) is 33.8 Å². The van der Waals surface area contributed by atoms with E-state index in [1.807, 2.05) is 61.5 Å². The van der Waals surface area contributed by atoms with Crippen LogP contribution in [0, 0.1) is 6.92 Å². The van der Waals surface area contributed by atoms with E-state index < -0.39 is 17.7 Å². The Labute approximate surface area is 224 Å². The average molecular weight is 519 g/mol. The molecule has 3 aromatic rings. The van der Waals surface area contributed by atoms with Crippen molar-refractivity contribution < 1.29 is 19.4 Å². The zero-order chi connectivity index (χ0) is 27.2. The molecule has 4 rings (SSSR count). The van der Waals surface area contributed by atoms with Gasteiger partial charge in [-0.05, 0) is 70.2 Å². The number of rotatable bonds is 12. The van der Waals surface area contributed by atoms with Crippen molar-refractivity contribution >= 4 is 23.1 Å². The molecule has 1 amide bonds. The molecule has 0 aliphatic carbocycles. The number of hydrogen-bond donors (Lipinski definition) is 1. The molecule has 38 heavy (non-hydrogen) atoms. The summed E-state index contributed by atoms with van der Waals surface area (Å²) >= 11 is 0. The van der Waals surface area contributed by atoms with Gasteiger partial charge < -0.3 is 19.6 Å². The standard InChI is InChI=1S/C30H38N4O4/c1-5-6-7-10-20-38-23-15-13-22(14-16-23)27-25(29(36)30(37)34(27)19-11-17-32(3)4)28(35)26-21(2)31-24-12-8-9-18-33(24)26/h8-9,12-16,18,27,35H,5-7,10-11,17,19-20H2,1-4H3. The summed E-state index contributed by atoms with van der Waals surface area (Å²) < 4.78 is 7.65. The van der Waals surface area contributed by atoms with Crippen molar-refractivity contribution in [1.82, 2.24) is 19.2 Å². The van der Waals surface area contributed by atoms with Crippen molar-refractivity contribution in [3.63, 3.8) is 0 Å². The maximum Gasteiger partial charge on any atom is 0.295 e. The number of aliphatic hydroxyl groups excluding tert-OH is 1. The molecule has 0 radical (unpaired) electrons. The van der Waals surface area contributed by atoms with Crippen LogP contribution in [0.2, 0.25) is 0 Å². The number of likely N-dealkylation sites (tertiary alicyclic amines) is 1. The Morgan fingerprint density at radius 2 is 1.82 bits per heavy atom. The second-order valence-electron chi connectivity index (χ2n) is 10.1. The van der Waals surface area contributed by atoms with Crippen molar-refractivity contribution in [3.05, 3.63) is 71.2 Å². The van der Waals surface area contributed by atoms with Gasteiger partial charge in [-0.1, -0.05) is 44.4 Å². The molecular formula is C30H38N4O4. The first kappa shape index (κ1) is 27.4. The van der Waals surface area contributed by atoms with Gasteiger partial charge in [0, 0.05) is 12.7 Å². The van der Waals surface area contributed by atoms with Crippen LogP contribution in [0.15, 0.2) is 54.2 Å². The second kappa shape index (κ2) is 12.3. The van der Waals surface area contributed by atoms with Crippen LogP contribution in [-0.4, -0.2) is 69.8 Å². The van der Waals surface area contributed by atoms with Crippen LogP contribution in [0.3, 0.4) is 0 Å². The molecule has 1 atom stereocenters. The number of ether oxygens (including phenoxy) is 1. The van der Waals surface area contributed by atoms with E-state index in [0.29, 0.717) is 36.6 Å². The number of nitrogens with zero attached hydrogens (tertiary/aromatic N) is 4. The summed E-state index contributed by atoms with van der Waals surface area (Å²) in [5, 5.41) is 11.6. The maximum absolute atomic E-state index is 13.4. The van der Waals surface area contributed by atoms with E-state index >= 15 is 0 Å². The Hall–Kier alpha value is -3.65. The fourth-order valence-electron chi connectivity index (χ4n) is 5.01. The number of benzene rings is 1. The van der Waals surface area contributed by atoms with Gasteiger partial charge in [0.2, 0.25) is 0 Å². The number of amides is 1. The van der Waals surface area contributed by atoms with E-state index in [-0.39, 0.29) is 11.3 Å². The predicted molar refractivity (Wildman–Crippen MR) is 148 cm³/mol. The summed E-state index contributed by atoms with van der Waals surface area (Å²) in [7, 11) is 3.94. The number of aliphatic hydroxyl groups is 1. The van der Waals surface area contributed by atoms with Crippen molar-refractivity contribution in [3.8, 4) is 5.75 Å². The first-order chi connectivity index (χ1) is 18.3.